The first-order chi connectivity index (χ1) is 10.1. The van der Waals surface area contributed by atoms with Gasteiger partial charge in [0.05, 0.1) is 0 Å². The zero-order valence-electron chi connectivity index (χ0n) is 12.5. The van der Waals surface area contributed by atoms with E-state index in [1.165, 1.54) is 11.6 Å². The lowest BCUT2D eigenvalue weighted by molar-refractivity contribution is 0.462. The van der Waals surface area contributed by atoms with E-state index in [4.69, 9.17) is 0 Å². The van der Waals surface area contributed by atoms with Crippen molar-refractivity contribution in [3.05, 3.63) is 65.5 Å². The van der Waals surface area contributed by atoms with Crippen molar-refractivity contribution in [3.63, 3.8) is 0 Å². The van der Waals surface area contributed by atoms with Gasteiger partial charge in [-0.25, -0.2) is 4.39 Å². The average Bonchev–Trinajstić information content (AvgIpc) is 2.47. The van der Waals surface area contributed by atoms with Gasteiger partial charge in [0, 0.05) is 17.7 Å². The Morgan fingerprint density at radius 2 is 1.81 bits per heavy atom. The minimum absolute atomic E-state index is 0.0406. The number of aromatic hydroxyl groups is 1. The maximum Gasteiger partial charge on any atom is 0.131 e. The van der Waals surface area contributed by atoms with Crippen molar-refractivity contribution in [3.8, 4) is 5.75 Å². The van der Waals surface area contributed by atoms with E-state index in [1.807, 2.05) is 25.1 Å². The summed E-state index contributed by atoms with van der Waals surface area (Å²) in [5, 5.41) is 12.6. The second-order valence-electron chi connectivity index (χ2n) is 5.48. The fraction of sp³-hybridized carbons (Fsp3) is 0.333. The van der Waals surface area contributed by atoms with E-state index in [0.717, 1.165) is 19.0 Å². The molecule has 112 valence electrons. The lowest BCUT2D eigenvalue weighted by atomic mass is 9.97. The lowest BCUT2D eigenvalue weighted by Gasteiger charge is -2.17. The van der Waals surface area contributed by atoms with Crippen LogP contribution in [-0.2, 0) is 0 Å². The summed E-state index contributed by atoms with van der Waals surface area (Å²) in [6, 6.07) is 14.6. The number of benzene rings is 2. The van der Waals surface area contributed by atoms with Crippen molar-refractivity contribution >= 4 is 0 Å². The monoisotopic (exact) mass is 287 g/mol. The topological polar surface area (TPSA) is 32.3 Å². The SMILES string of the molecule is CC(CCNC(C)c1ccc(O)cc1F)c1ccccc1. The van der Waals surface area contributed by atoms with Crippen LogP contribution < -0.4 is 5.32 Å². The van der Waals surface area contributed by atoms with Crippen molar-refractivity contribution in [1.29, 1.82) is 0 Å². The molecule has 0 aliphatic rings. The van der Waals surface area contributed by atoms with Gasteiger partial charge >= 0.3 is 0 Å². The number of phenols is 1. The van der Waals surface area contributed by atoms with E-state index < -0.39 is 0 Å². The molecule has 0 saturated carbocycles. The summed E-state index contributed by atoms with van der Waals surface area (Å²) in [6.07, 6.45) is 0.994. The van der Waals surface area contributed by atoms with Gasteiger partial charge in [-0.15, -0.1) is 0 Å². The van der Waals surface area contributed by atoms with Crippen LogP contribution in [-0.4, -0.2) is 11.7 Å². The molecular weight excluding hydrogens is 265 g/mol. The molecule has 2 nitrogen and oxygen atoms in total. The highest BCUT2D eigenvalue weighted by atomic mass is 19.1. The normalized spacial score (nSPS) is 13.9. The van der Waals surface area contributed by atoms with E-state index in [0.29, 0.717) is 11.5 Å². The third-order valence-electron chi connectivity index (χ3n) is 3.85. The van der Waals surface area contributed by atoms with Gasteiger partial charge in [-0.1, -0.05) is 43.3 Å². The van der Waals surface area contributed by atoms with Gasteiger partial charge in [0.2, 0.25) is 0 Å². The van der Waals surface area contributed by atoms with E-state index in [1.54, 1.807) is 6.07 Å². The fourth-order valence-corrected chi connectivity index (χ4v) is 2.44. The molecular formula is C18H22FNO. The Labute approximate surface area is 125 Å². The first-order valence-electron chi connectivity index (χ1n) is 7.34. The van der Waals surface area contributed by atoms with Crippen LogP contribution in [0.25, 0.3) is 0 Å². The first kappa shape index (κ1) is 15.5. The van der Waals surface area contributed by atoms with Gasteiger partial charge < -0.3 is 10.4 Å². The summed E-state index contributed by atoms with van der Waals surface area (Å²) in [5.41, 5.74) is 1.91. The second kappa shape index (κ2) is 7.23. The van der Waals surface area contributed by atoms with Gasteiger partial charge in [0.15, 0.2) is 0 Å². The Morgan fingerprint density at radius 3 is 2.48 bits per heavy atom. The molecule has 3 heteroatoms. The highest BCUT2D eigenvalue weighted by molar-refractivity contribution is 5.29. The van der Waals surface area contributed by atoms with Gasteiger partial charge in [0.1, 0.15) is 11.6 Å². The third-order valence-corrected chi connectivity index (χ3v) is 3.85. The summed E-state index contributed by atoms with van der Waals surface area (Å²) in [6.45, 7) is 4.95. The molecule has 2 N–H and O–H groups in total. The number of halogens is 1. The van der Waals surface area contributed by atoms with Crippen molar-refractivity contribution in [2.45, 2.75) is 32.2 Å². The summed E-state index contributed by atoms with van der Waals surface area (Å²) < 4.78 is 13.8. The maximum absolute atomic E-state index is 13.8. The van der Waals surface area contributed by atoms with E-state index in [2.05, 4.69) is 24.4 Å². The van der Waals surface area contributed by atoms with Crippen molar-refractivity contribution < 1.29 is 9.50 Å². The van der Waals surface area contributed by atoms with Crippen LogP contribution in [0.2, 0.25) is 0 Å². The van der Waals surface area contributed by atoms with Gasteiger partial charge in [0.25, 0.3) is 0 Å². The molecule has 0 aliphatic carbocycles. The molecule has 0 spiro atoms. The van der Waals surface area contributed by atoms with E-state index in [9.17, 15) is 9.50 Å². The number of rotatable bonds is 6. The molecule has 2 unspecified atom stereocenters. The van der Waals surface area contributed by atoms with Crippen molar-refractivity contribution in [2.75, 3.05) is 6.54 Å². The Bertz CT molecular complexity index is 571. The van der Waals surface area contributed by atoms with Crippen molar-refractivity contribution in [2.24, 2.45) is 0 Å². The molecule has 0 fully saturated rings. The Hall–Kier alpha value is -1.87. The smallest absolute Gasteiger partial charge is 0.131 e. The number of hydrogen-bond acceptors (Lipinski definition) is 2. The van der Waals surface area contributed by atoms with Crippen LogP contribution in [0.3, 0.4) is 0 Å². The average molecular weight is 287 g/mol. The van der Waals surface area contributed by atoms with Gasteiger partial charge in [-0.05, 0) is 37.4 Å². The van der Waals surface area contributed by atoms with Gasteiger partial charge in [-0.2, -0.15) is 0 Å². The molecule has 0 bridgehead atoms. The maximum atomic E-state index is 13.8. The first-order valence-corrected chi connectivity index (χ1v) is 7.34. The molecule has 2 aromatic carbocycles. The Kier molecular flexibility index (Phi) is 5.34. The highest BCUT2D eigenvalue weighted by Crippen LogP contribution is 2.22. The summed E-state index contributed by atoms with van der Waals surface area (Å²) in [5.74, 6) is 0.0582. The zero-order valence-corrected chi connectivity index (χ0v) is 12.5. The van der Waals surface area contributed by atoms with Crippen LogP contribution in [0, 0.1) is 5.82 Å². The Balaban J connectivity index is 1.85. The van der Waals surface area contributed by atoms with Crippen molar-refractivity contribution in [1.82, 2.24) is 5.32 Å². The van der Waals surface area contributed by atoms with Crippen LogP contribution in [0.1, 0.15) is 43.4 Å². The lowest BCUT2D eigenvalue weighted by Crippen LogP contribution is -2.21. The predicted octanol–water partition coefficient (Wildman–Crippen LogP) is 4.38. The molecule has 0 aromatic heterocycles. The summed E-state index contributed by atoms with van der Waals surface area (Å²) in [7, 11) is 0. The second-order valence-corrected chi connectivity index (χ2v) is 5.48. The molecule has 0 radical (unpaired) electrons. The summed E-state index contributed by atoms with van der Waals surface area (Å²) in [4.78, 5) is 0. The molecule has 0 amide bonds. The van der Waals surface area contributed by atoms with Crippen LogP contribution in [0.5, 0.6) is 5.75 Å². The summed E-state index contributed by atoms with van der Waals surface area (Å²) >= 11 is 0. The molecule has 21 heavy (non-hydrogen) atoms. The quantitative estimate of drug-likeness (QED) is 0.826. The molecule has 2 rings (SSSR count). The molecule has 0 aliphatic heterocycles. The largest absolute Gasteiger partial charge is 0.508 e. The predicted molar refractivity (Wildman–Crippen MR) is 84.0 cm³/mol. The Morgan fingerprint density at radius 1 is 1.10 bits per heavy atom. The van der Waals surface area contributed by atoms with Gasteiger partial charge in [-0.3, -0.25) is 0 Å². The third kappa shape index (κ3) is 4.30. The highest BCUT2D eigenvalue weighted by Gasteiger charge is 2.12. The zero-order chi connectivity index (χ0) is 15.2. The van der Waals surface area contributed by atoms with E-state index >= 15 is 0 Å². The van der Waals surface area contributed by atoms with E-state index in [-0.39, 0.29) is 17.6 Å². The number of hydrogen-bond donors (Lipinski definition) is 2. The van der Waals surface area contributed by atoms with Crippen LogP contribution in [0.4, 0.5) is 4.39 Å². The standard InChI is InChI=1S/C18H22FNO/c1-13(15-6-4-3-5-7-15)10-11-20-14(2)17-9-8-16(21)12-18(17)19/h3-9,12-14,20-21H,10-11H2,1-2H3. The minimum atomic E-state index is -0.369. The number of nitrogens with one attached hydrogen (secondary N) is 1. The van der Waals surface area contributed by atoms with Crippen LogP contribution >= 0.6 is 0 Å². The molecule has 2 atom stereocenters. The molecule has 0 saturated heterocycles. The number of phenolic OH excluding ortho intramolecular Hbond substituents is 1. The fourth-order valence-electron chi connectivity index (χ4n) is 2.44. The minimum Gasteiger partial charge on any atom is -0.508 e. The molecule has 0 heterocycles. The van der Waals surface area contributed by atoms with Crippen LogP contribution in [0.15, 0.2) is 48.5 Å². The molecule has 2 aromatic rings.